The number of anilines is 2. The molecule has 35 heavy (non-hydrogen) atoms. The molecule has 1 aliphatic heterocycles. The molecule has 0 fully saturated rings. The number of rotatable bonds is 8. The summed E-state index contributed by atoms with van der Waals surface area (Å²) < 4.78 is 6.40. The first-order valence-corrected chi connectivity index (χ1v) is 12.4. The fourth-order valence-corrected chi connectivity index (χ4v) is 5.15. The van der Waals surface area contributed by atoms with Crippen molar-refractivity contribution in [2.24, 2.45) is 0 Å². The second-order valence-electron chi connectivity index (χ2n) is 9.46. The molecule has 4 aromatic rings. The van der Waals surface area contributed by atoms with Crippen molar-refractivity contribution in [3.8, 4) is 5.75 Å². The smallest absolute Gasteiger partial charge is 0.307 e. The molecule has 4 heteroatoms. The van der Waals surface area contributed by atoms with Gasteiger partial charge in [-0.15, -0.1) is 0 Å². The Morgan fingerprint density at radius 1 is 0.971 bits per heavy atom. The van der Waals surface area contributed by atoms with Gasteiger partial charge in [-0.05, 0) is 71.3 Å². The number of hydrogen-bond donors (Lipinski definition) is 1. The third-order valence-electron chi connectivity index (χ3n) is 6.96. The summed E-state index contributed by atoms with van der Waals surface area (Å²) in [6.07, 6.45) is 3.32. The summed E-state index contributed by atoms with van der Waals surface area (Å²) in [6.45, 7) is 3.10. The van der Waals surface area contributed by atoms with Crippen molar-refractivity contribution in [1.29, 1.82) is 0 Å². The molecule has 1 aliphatic rings. The van der Waals surface area contributed by atoms with Crippen LogP contribution in [-0.2, 0) is 11.2 Å². The highest BCUT2D eigenvalue weighted by atomic mass is 16.5. The van der Waals surface area contributed by atoms with Crippen molar-refractivity contribution >= 4 is 28.1 Å². The quantitative estimate of drug-likeness (QED) is 0.296. The molecule has 0 saturated heterocycles. The Hall–Kier alpha value is -3.79. The lowest BCUT2D eigenvalue weighted by Crippen LogP contribution is -2.37. The van der Waals surface area contributed by atoms with Gasteiger partial charge >= 0.3 is 5.97 Å². The molecule has 5 rings (SSSR count). The minimum absolute atomic E-state index is 0.0392. The summed E-state index contributed by atoms with van der Waals surface area (Å²) >= 11 is 0. The number of benzene rings is 4. The van der Waals surface area contributed by atoms with Gasteiger partial charge in [0.1, 0.15) is 11.9 Å². The van der Waals surface area contributed by atoms with E-state index in [1.165, 1.54) is 16.3 Å². The molecular weight excluding hydrogens is 434 g/mol. The van der Waals surface area contributed by atoms with Gasteiger partial charge in [0.25, 0.3) is 0 Å². The van der Waals surface area contributed by atoms with Crippen LogP contribution in [0.3, 0.4) is 0 Å². The van der Waals surface area contributed by atoms with Crippen molar-refractivity contribution in [2.75, 3.05) is 11.4 Å². The predicted octanol–water partition coefficient (Wildman–Crippen LogP) is 7.34. The van der Waals surface area contributed by atoms with Gasteiger partial charge in [-0.1, -0.05) is 73.7 Å². The van der Waals surface area contributed by atoms with Crippen molar-refractivity contribution in [2.45, 2.75) is 44.6 Å². The van der Waals surface area contributed by atoms with Gasteiger partial charge in [-0.25, -0.2) is 0 Å². The molecule has 4 aromatic carbocycles. The Balaban J connectivity index is 1.27. The van der Waals surface area contributed by atoms with Crippen LogP contribution in [0.1, 0.15) is 43.2 Å². The van der Waals surface area contributed by atoms with E-state index >= 15 is 0 Å². The van der Waals surface area contributed by atoms with Crippen molar-refractivity contribution in [3.63, 3.8) is 0 Å². The highest BCUT2D eigenvalue weighted by molar-refractivity contribution is 5.86. The number of nitrogens with zero attached hydrogens (tertiary/aromatic N) is 1. The molecule has 0 radical (unpaired) electrons. The van der Waals surface area contributed by atoms with E-state index in [0.29, 0.717) is 5.92 Å². The number of hydrogen-bond acceptors (Lipinski definition) is 3. The predicted molar refractivity (Wildman–Crippen MR) is 142 cm³/mol. The van der Waals surface area contributed by atoms with Crippen molar-refractivity contribution in [1.82, 2.24) is 0 Å². The second kappa shape index (κ2) is 10.2. The molecule has 0 aromatic heterocycles. The van der Waals surface area contributed by atoms with Gasteiger partial charge in [-0.2, -0.15) is 0 Å². The topological polar surface area (TPSA) is 49.8 Å². The summed E-state index contributed by atoms with van der Waals surface area (Å²) in [7, 11) is 0. The average Bonchev–Trinajstić information content (AvgIpc) is 2.88. The Labute approximate surface area is 206 Å². The van der Waals surface area contributed by atoms with Crippen LogP contribution in [-0.4, -0.2) is 23.7 Å². The zero-order valence-corrected chi connectivity index (χ0v) is 20.1. The zero-order chi connectivity index (χ0) is 24.2. The van der Waals surface area contributed by atoms with E-state index in [1.54, 1.807) is 0 Å². The van der Waals surface area contributed by atoms with E-state index in [-0.39, 0.29) is 12.5 Å². The van der Waals surface area contributed by atoms with Gasteiger partial charge in [0.15, 0.2) is 0 Å². The Bertz CT molecular complexity index is 1310. The van der Waals surface area contributed by atoms with E-state index in [1.807, 2.05) is 42.5 Å². The molecule has 1 heterocycles. The minimum atomic E-state index is -0.813. The van der Waals surface area contributed by atoms with Gasteiger partial charge in [0.05, 0.1) is 18.7 Å². The first kappa shape index (κ1) is 23.0. The van der Waals surface area contributed by atoms with E-state index < -0.39 is 5.97 Å². The van der Waals surface area contributed by atoms with Gasteiger partial charge in [0.2, 0.25) is 0 Å². The summed E-state index contributed by atoms with van der Waals surface area (Å²) in [5.41, 5.74) is 4.34. The number of carboxylic acids is 1. The molecule has 178 valence electrons. The van der Waals surface area contributed by atoms with Crippen LogP contribution >= 0.6 is 0 Å². The molecule has 0 bridgehead atoms. The third kappa shape index (κ3) is 5.17. The average molecular weight is 466 g/mol. The molecule has 1 N–H and O–H groups in total. The lowest BCUT2D eigenvalue weighted by atomic mass is 9.90. The lowest BCUT2D eigenvalue weighted by molar-refractivity contribution is -0.136. The number of aliphatic carboxylic acids is 1. The summed E-state index contributed by atoms with van der Waals surface area (Å²) in [5.74, 6) is 0.572. The fraction of sp³-hybridized carbons (Fsp3) is 0.258. The van der Waals surface area contributed by atoms with Crippen LogP contribution in [0.5, 0.6) is 5.75 Å². The SMILES string of the molecule is C[C@@H](CCCC1CN(c2ccc(CC(=O)O)cc2)c2ccccc2O1)c1cccc2ccccc12. The van der Waals surface area contributed by atoms with Gasteiger partial charge in [0, 0.05) is 5.69 Å². The molecule has 2 atom stereocenters. The molecule has 0 amide bonds. The number of ether oxygens (including phenoxy) is 1. The normalized spacial score (nSPS) is 15.9. The number of carboxylic acid groups (broad SMARTS) is 1. The van der Waals surface area contributed by atoms with E-state index in [0.717, 1.165) is 48.5 Å². The fourth-order valence-electron chi connectivity index (χ4n) is 5.15. The van der Waals surface area contributed by atoms with Crippen LogP contribution in [0.25, 0.3) is 10.8 Å². The van der Waals surface area contributed by atoms with E-state index in [2.05, 4.69) is 60.4 Å². The monoisotopic (exact) mass is 465 g/mol. The van der Waals surface area contributed by atoms with Crippen LogP contribution in [0.4, 0.5) is 11.4 Å². The number of carbonyl (C=O) groups is 1. The maximum Gasteiger partial charge on any atom is 0.307 e. The Kier molecular flexibility index (Phi) is 6.71. The minimum Gasteiger partial charge on any atom is -0.486 e. The maximum atomic E-state index is 11.0. The van der Waals surface area contributed by atoms with E-state index in [9.17, 15) is 4.79 Å². The summed E-state index contributed by atoms with van der Waals surface area (Å²) in [4.78, 5) is 13.3. The summed E-state index contributed by atoms with van der Waals surface area (Å²) in [6, 6.07) is 31.2. The highest BCUT2D eigenvalue weighted by Gasteiger charge is 2.26. The lowest BCUT2D eigenvalue weighted by Gasteiger charge is -2.36. The first-order chi connectivity index (χ1) is 17.1. The number of para-hydroxylation sites is 2. The third-order valence-corrected chi connectivity index (χ3v) is 6.96. The molecular formula is C31H31NO3. The van der Waals surface area contributed by atoms with Crippen LogP contribution in [0.2, 0.25) is 0 Å². The van der Waals surface area contributed by atoms with Crippen LogP contribution in [0, 0.1) is 0 Å². The molecule has 4 nitrogen and oxygen atoms in total. The largest absolute Gasteiger partial charge is 0.486 e. The molecule has 0 aliphatic carbocycles. The zero-order valence-electron chi connectivity index (χ0n) is 20.1. The molecule has 1 unspecified atom stereocenters. The Morgan fingerprint density at radius 2 is 1.71 bits per heavy atom. The van der Waals surface area contributed by atoms with Crippen LogP contribution < -0.4 is 9.64 Å². The van der Waals surface area contributed by atoms with Gasteiger partial charge in [-0.3, -0.25) is 4.79 Å². The van der Waals surface area contributed by atoms with Gasteiger partial charge < -0.3 is 14.7 Å². The van der Waals surface area contributed by atoms with Crippen molar-refractivity contribution in [3.05, 3.63) is 102 Å². The Morgan fingerprint density at radius 3 is 2.54 bits per heavy atom. The molecule has 0 spiro atoms. The first-order valence-electron chi connectivity index (χ1n) is 12.4. The standard InChI is InChI=1S/C31H31NO3/c1-22(27-13-7-10-24-9-2-3-12-28(24)27)8-6-11-26-21-32(29-14-4-5-15-30(29)35-26)25-18-16-23(17-19-25)20-31(33)34/h2-5,7,9-10,12-19,22,26H,6,8,11,20-21H2,1H3,(H,33,34)/t22-,26?/m0/s1. The maximum absolute atomic E-state index is 11.0. The highest BCUT2D eigenvalue weighted by Crippen LogP contribution is 2.39. The summed E-state index contributed by atoms with van der Waals surface area (Å²) in [5, 5.41) is 11.7. The van der Waals surface area contributed by atoms with Crippen molar-refractivity contribution < 1.29 is 14.6 Å². The molecule has 0 saturated carbocycles. The second-order valence-corrected chi connectivity index (χ2v) is 9.46. The van der Waals surface area contributed by atoms with E-state index in [4.69, 9.17) is 9.84 Å². The number of fused-ring (bicyclic) bond motifs is 2. The van der Waals surface area contributed by atoms with Crippen LogP contribution in [0.15, 0.2) is 91.0 Å².